The van der Waals surface area contributed by atoms with Crippen molar-refractivity contribution in [2.24, 2.45) is 0 Å². The summed E-state index contributed by atoms with van der Waals surface area (Å²) in [6.07, 6.45) is 3.06. The van der Waals surface area contributed by atoms with E-state index in [1.54, 1.807) is 13.0 Å². The van der Waals surface area contributed by atoms with E-state index < -0.39 is 12.0 Å². The predicted octanol–water partition coefficient (Wildman–Crippen LogP) is 1.38. The summed E-state index contributed by atoms with van der Waals surface area (Å²) in [4.78, 5) is 22.5. The molecule has 0 aliphatic carbocycles. The van der Waals surface area contributed by atoms with Gasteiger partial charge in [0, 0.05) is 6.08 Å². The quantitative estimate of drug-likeness (QED) is 0.631. The van der Waals surface area contributed by atoms with Gasteiger partial charge in [0.15, 0.2) is 0 Å². The Balaban J connectivity index is 2.50. The van der Waals surface area contributed by atoms with Gasteiger partial charge in [-0.1, -0.05) is 30.3 Å². The van der Waals surface area contributed by atoms with E-state index in [-0.39, 0.29) is 5.91 Å². The summed E-state index contributed by atoms with van der Waals surface area (Å²) in [5, 5.41) is 2.50. The van der Waals surface area contributed by atoms with Crippen LogP contribution >= 0.6 is 0 Å². The fourth-order valence-corrected chi connectivity index (χ4v) is 1.23. The first-order chi connectivity index (χ1) is 8.13. The summed E-state index contributed by atoms with van der Waals surface area (Å²) in [7, 11) is 1.28. The van der Waals surface area contributed by atoms with Crippen LogP contribution in [0.15, 0.2) is 36.4 Å². The molecule has 0 aliphatic rings. The van der Waals surface area contributed by atoms with Gasteiger partial charge in [-0.05, 0) is 18.6 Å². The van der Waals surface area contributed by atoms with Crippen LogP contribution in [0.25, 0.3) is 6.08 Å². The average Bonchev–Trinajstić information content (AvgIpc) is 2.36. The second-order valence-corrected chi connectivity index (χ2v) is 3.50. The third-order valence-electron chi connectivity index (χ3n) is 2.14. The van der Waals surface area contributed by atoms with Crippen LogP contribution in [0.1, 0.15) is 12.5 Å². The van der Waals surface area contributed by atoms with Gasteiger partial charge in [-0.2, -0.15) is 0 Å². The van der Waals surface area contributed by atoms with Gasteiger partial charge in [-0.3, -0.25) is 4.79 Å². The molecule has 1 N–H and O–H groups in total. The standard InChI is InChI=1S/C13H15NO3/c1-10(13(16)17-2)14-12(15)9-8-11-6-4-3-5-7-11/h3-10H,1-2H3,(H,14,15)/b9-8+/t10-/m0/s1. The molecule has 4 heteroatoms. The molecule has 1 aromatic carbocycles. The number of methoxy groups -OCH3 is 1. The van der Waals surface area contributed by atoms with Crippen LogP contribution in [-0.2, 0) is 14.3 Å². The van der Waals surface area contributed by atoms with Crippen molar-refractivity contribution in [2.45, 2.75) is 13.0 Å². The Morgan fingerprint density at radius 3 is 2.53 bits per heavy atom. The number of benzene rings is 1. The van der Waals surface area contributed by atoms with E-state index in [2.05, 4.69) is 10.1 Å². The summed E-state index contributed by atoms with van der Waals surface area (Å²) in [6.45, 7) is 1.57. The highest BCUT2D eigenvalue weighted by atomic mass is 16.5. The molecule has 17 heavy (non-hydrogen) atoms. The smallest absolute Gasteiger partial charge is 0.328 e. The van der Waals surface area contributed by atoms with Gasteiger partial charge < -0.3 is 10.1 Å². The zero-order valence-electron chi connectivity index (χ0n) is 9.84. The molecule has 0 spiro atoms. The Morgan fingerprint density at radius 1 is 1.29 bits per heavy atom. The molecule has 1 aromatic rings. The van der Waals surface area contributed by atoms with Gasteiger partial charge in [0.25, 0.3) is 0 Å². The van der Waals surface area contributed by atoms with Crippen molar-refractivity contribution in [2.75, 3.05) is 7.11 Å². The van der Waals surface area contributed by atoms with E-state index in [4.69, 9.17) is 0 Å². The van der Waals surface area contributed by atoms with E-state index in [1.807, 2.05) is 30.3 Å². The van der Waals surface area contributed by atoms with Gasteiger partial charge in [0.05, 0.1) is 7.11 Å². The van der Waals surface area contributed by atoms with Gasteiger partial charge in [-0.25, -0.2) is 4.79 Å². The molecule has 0 radical (unpaired) electrons. The van der Waals surface area contributed by atoms with Gasteiger partial charge in [0.1, 0.15) is 6.04 Å². The Labute approximate surface area is 100 Å². The lowest BCUT2D eigenvalue weighted by atomic mass is 10.2. The first-order valence-electron chi connectivity index (χ1n) is 5.25. The fraction of sp³-hybridized carbons (Fsp3) is 0.231. The van der Waals surface area contributed by atoms with Crippen molar-refractivity contribution in [1.29, 1.82) is 0 Å². The predicted molar refractivity (Wildman–Crippen MR) is 65.1 cm³/mol. The number of rotatable bonds is 4. The largest absolute Gasteiger partial charge is 0.467 e. The molecule has 0 unspecified atom stereocenters. The molecule has 4 nitrogen and oxygen atoms in total. The maximum absolute atomic E-state index is 11.4. The highest BCUT2D eigenvalue weighted by Gasteiger charge is 2.13. The Hall–Kier alpha value is -2.10. The lowest BCUT2D eigenvalue weighted by molar-refractivity contribution is -0.144. The molecular weight excluding hydrogens is 218 g/mol. The molecule has 1 amide bonds. The maximum atomic E-state index is 11.4. The first-order valence-corrected chi connectivity index (χ1v) is 5.25. The van der Waals surface area contributed by atoms with Gasteiger partial charge >= 0.3 is 5.97 Å². The number of carbonyl (C=O) groups is 2. The van der Waals surface area contributed by atoms with Gasteiger partial charge in [0.2, 0.25) is 5.91 Å². The van der Waals surface area contributed by atoms with Crippen LogP contribution < -0.4 is 5.32 Å². The zero-order chi connectivity index (χ0) is 12.7. The molecule has 1 atom stereocenters. The van der Waals surface area contributed by atoms with Crippen molar-refractivity contribution in [3.63, 3.8) is 0 Å². The number of nitrogens with one attached hydrogen (secondary N) is 1. The lowest BCUT2D eigenvalue weighted by Crippen LogP contribution is -2.38. The SMILES string of the molecule is COC(=O)[C@H](C)NC(=O)/C=C/c1ccccc1. The maximum Gasteiger partial charge on any atom is 0.328 e. The summed E-state index contributed by atoms with van der Waals surface area (Å²) < 4.78 is 4.50. The highest BCUT2D eigenvalue weighted by Crippen LogP contribution is 2.00. The van der Waals surface area contributed by atoms with E-state index in [1.165, 1.54) is 13.2 Å². The molecule has 0 saturated heterocycles. The van der Waals surface area contributed by atoms with Crippen LogP contribution in [0.2, 0.25) is 0 Å². The average molecular weight is 233 g/mol. The monoisotopic (exact) mass is 233 g/mol. The number of hydrogen-bond acceptors (Lipinski definition) is 3. The summed E-state index contributed by atoms with van der Waals surface area (Å²) in [5.74, 6) is -0.793. The molecule has 90 valence electrons. The number of esters is 1. The molecule has 1 rings (SSSR count). The Kier molecular flexibility index (Phi) is 4.94. The lowest BCUT2D eigenvalue weighted by Gasteiger charge is -2.09. The normalized spacial score (nSPS) is 12.1. The molecule has 0 aliphatic heterocycles. The third-order valence-corrected chi connectivity index (χ3v) is 2.14. The van der Waals surface area contributed by atoms with E-state index in [0.29, 0.717) is 0 Å². The molecule has 0 saturated carbocycles. The van der Waals surface area contributed by atoms with E-state index >= 15 is 0 Å². The Morgan fingerprint density at radius 2 is 1.94 bits per heavy atom. The third kappa shape index (κ3) is 4.51. The van der Waals surface area contributed by atoms with Crippen LogP contribution in [0, 0.1) is 0 Å². The first kappa shape index (κ1) is 13.0. The summed E-state index contributed by atoms with van der Waals surface area (Å²) in [6, 6.07) is 8.79. The summed E-state index contributed by atoms with van der Waals surface area (Å²) >= 11 is 0. The zero-order valence-corrected chi connectivity index (χ0v) is 9.84. The van der Waals surface area contributed by atoms with Crippen molar-refractivity contribution in [3.8, 4) is 0 Å². The minimum Gasteiger partial charge on any atom is -0.467 e. The molecule has 0 fully saturated rings. The number of carbonyl (C=O) groups excluding carboxylic acids is 2. The number of hydrogen-bond donors (Lipinski definition) is 1. The molecule has 0 heterocycles. The van der Waals surface area contributed by atoms with Crippen LogP contribution in [0.5, 0.6) is 0 Å². The molecular formula is C13H15NO3. The van der Waals surface area contributed by atoms with Crippen LogP contribution in [0.4, 0.5) is 0 Å². The molecule has 0 bridgehead atoms. The van der Waals surface area contributed by atoms with Crippen molar-refractivity contribution in [3.05, 3.63) is 42.0 Å². The van der Waals surface area contributed by atoms with Crippen molar-refractivity contribution < 1.29 is 14.3 Å². The van der Waals surface area contributed by atoms with Crippen LogP contribution in [0.3, 0.4) is 0 Å². The summed E-state index contributed by atoms with van der Waals surface area (Å²) in [5.41, 5.74) is 0.924. The van der Waals surface area contributed by atoms with Crippen molar-refractivity contribution >= 4 is 18.0 Å². The van der Waals surface area contributed by atoms with E-state index in [0.717, 1.165) is 5.56 Å². The highest BCUT2D eigenvalue weighted by molar-refractivity contribution is 5.94. The van der Waals surface area contributed by atoms with Crippen molar-refractivity contribution in [1.82, 2.24) is 5.32 Å². The van der Waals surface area contributed by atoms with E-state index in [9.17, 15) is 9.59 Å². The number of ether oxygens (including phenoxy) is 1. The Bertz CT molecular complexity index is 412. The van der Waals surface area contributed by atoms with Gasteiger partial charge in [-0.15, -0.1) is 0 Å². The molecule has 0 aromatic heterocycles. The minimum absolute atomic E-state index is 0.327. The second kappa shape index (κ2) is 6.48. The van der Waals surface area contributed by atoms with Crippen LogP contribution in [-0.4, -0.2) is 25.0 Å². The fourth-order valence-electron chi connectivity index (χ4n) is 1.23. The topological polar surface area (TPSA) is 55.4 Å². The second-order valence-electron chi connectivity index (χ2n) is 3.50. The minimum atomic E-state index is -0.645. The number of amides is 1.